The van der Waals surface area contributed by atoms with Crippen LogP contribution in [0.2, 0.25) is 0 Å². The second kappa shape index (κ2) is 16.4. The van der Waals surface area contributed by atoms with Crippen LogP contribution in [0.4, 0.5) is 44.5 Å². The van der Waals surface area contributed by atoms with E-state index in [2.05, 4.69) is 35.9 Å². The van der Waals surface area contributed by atoms with E-state index < -0.39 is 10.0 Å². The fourth-order valence-corrected chi connectivity index (χ4v) is 8.40. The molecule has 4 aliphatic heterocycles. The van der Waals surface area contributed by atoms with Gasteiger partial charge in [-0.15, -0.1) is 0 Å². The van der Waals surface area contributed by atoms with E-state index in [9.17, 15) is 18.0 Å². The maximum absolute atomic E-state index is 13.0. The van der Waals surface area contributed by atoms with Crippen LogP contribution in [0.5, 0.6) is 0 Å². The minimum absolute atomic E-state index is 0.0710. The molecule has 16 nitrogen and oxygen atoms in total. The summed E-state index contributed by atoms with van der Waals surface area (Å²) in [6.45, 7) is 7.86. The number of benzene rings is 2. The Bertz CT molecular complexity index is 2190. The number of sulfonamides is 1. The highest BCUT2D eigenvalue weighted by atomic mass is 32.2. The summed E-state index contributed by atoms with van der Waals surface area (Å²) in [5, 5.41) is 10.0. The number of hydrogen-bond donors (Lipinski definition) is 3. The zero-order valence-corrected chi connectivity index (χ0v) is 33.4. The van der Waals surface area contributed by atoms with Crippen molar-refractivity contribution in [3.05, 3.63) is 83.2 Å². The van der Waals surface area contributed by atoms with E-state index in [1.807, 2.05) is 68.6 Å². The molecule has 4 aliphatic rings. The molecule has 0 saturated carbocycles. The van der Waals surface area contributed by atoms with E-state index in [1.165, 1.54) is 10.6 Å². The minimum Gasteiger partial charge on any atom is -0.351 e. The van der Waals surface area contributed by atoms with Gasteiger partial charge in [-0.05, 0) is 75.9 Å². The Balaban J connectivity index is 0.000000173. The SMILES string of the molecule is Cc1ccccc1N1Cc2cnc(NC3CCN(S(C)(=O)=O)CC3)nc2N(C)C1=O.Cc1ccccc1N1Cc2cnc(NC3CCNCC3)nc2N(C)C1=O. The fourth-order valence-electron chi connectivity index (χ4n) is 7.53. The van der Waals surface area contributed by atoms with Crippen LogP contribution in [0.3, 0.4) is 0 Å². The van der Waals surface area contributed by atoms with Gasteiger partial charge in [0.1, 0.15) is 11.6 Å². The van der Waals surface area contributed by atoms with Gasteiger partial charge in [-0.3, -0.25) is 19.6 Å². The molecule has 2 aromatic heterocycles. The molecule has 2 aromatic carbocycles. The maximum atomic E-state index is 13.0. The number of urea groups is 2. The van der Waals surface area contributed by atoms with Crippen molar-refractivity contribution in [3.63, 3.8) is 0 Å². The predicted octanol–water partition coefficient (Wildman–Crippen LogP) is 4.72. The molecular formula is C39H50N12O4S. The van der Waals surface area contributed by atoms with Crippen LogP contribution in [0.15, 0.2) is 60.9 Å². The Labute approximate surface area is 328 Å². The van der Waals surface area contributed by atoms with Gasteiger partial charge in [0.2, 0.25) is 21.9 Å². The van der Waals surface area contributed by atoms with Gasteiger partial charge in [-0.1, -0.05) is 36.4 Å². The van der Waals surface area contributed by atoms with Gasteiger partial charge < -0.3 is 16.0 Å². The zero-order valence-electron chi connectivity index (χ0n) is 32.6. The third-order valence-corrected chi connectivity index (χ3v) is 12.1. The topological polar surface area (TPSA) is 172 Å². The molecule has 6 heterocycles. The number of carbonyl (C=O) groups is 2. The Morgan fingerprint density at radius 3 is 1.54 bits per heavy atom. The number of aromatic nitrogens is 4. The van der Waals surface area contributed by atoms with E-state index >= 15 is 0 Å². The molecule has 0 atom stereocenters. The van der Waals surface area contributed by atoms with Gasteiger partial charge in [0.25, 0.3) is 0 Å². The van der Waals surface area contributed by atoms with Crippen LogP contribution in [-0.2, 0) is 23.1 Å². The number of aryl methyl sites for hydroxylation is 2. The molecule has 2 saturated heterocycles. The number of nitrogens with one attached hydrogen (secondary N) is 3. The highest BCUT2D eigenvalue weighted by Gasteiger charge is 2.33. The van der Waals surface area contributed by atoms with Crippen molar-refractivity contribution < 1.29 is 18.0 Å². The summed E-state index contributed by atoms with van der Waals surface area (Å²) >= 11 is 0. The Hall–Kier alpha value is -5.39. The van der Waals surface area contributed by atoms with E-state index in [1.54, 1.807) is 39.9 Å². The number of fused-ring (bicyclic) bond motifs is 2. The summed E-state index contributed by atoms with van der Waals surface area (Å²) in [5.41, 5.74) is 5.72. The lowest BCUT2D eigenvalue weighted by atomic mass is 10.1. The van der Waals surface area contributed by atoms with Crippen LogP contribution >= 0.6 is 0 Å². The van der Waals surface area contributed by atoms with Crippen molar-refractivity contribution in [3.8, 4) is 0 Å². The number of para-hydroxylation sites is 2. The molecule has 4 aromatic rings. The average Bonchev–Trinajstić information content (AvgIpc) is 3.19. The second-order valence-electron chi connectivity index (χ2n) is 14.8. The number of amides is 4. The van der Waals surface area contributed by atoms with Gasteiger partial charge in [0, 0.05) is 74.2 Å². The molecule has 2 fully saturated rings. The molecule has 8 rings (SSSR count). The number of piperidine rings is 2. The molecule has 17 heteroatoms. The molecule has 0 spiro atoms. The van der Waals surface area contributed by atoms with Crippen LogP contribution in [-0.4, -0.2) is 103 Å². The molecule has 296 valence electrons. The quantitative estimate of drug-likeness (QED) is 0.237. The average molecular weight is 783 g/mol. The van der Waals surface area contributed by atoms with Crippen molar-refractivity contribution in [1.82, 2.24) is 29.6 Å². The maximum Gasteiger partial charge on any atom is 0.330 e. The first-order valence-corrected chi connectivity index (χ1v) is 20.8. The summed E-state index contributed by atoms with van der Waals surface area (Å²) in [6, 6.07) is 16.0. The standard InChI is InChI=1S/C20H26N6O3S.C19H24N6O/c1-14-6-4-5-7-17(14)26-13-15-12-21-19(23-18(15)24(2)20(26)27)22-16-8-10-25(11-9-16)30(3,28)29;1-13-5-3-4-6-16(13)25-12-14-11-21-18(22-15-7-9-20-10-8-15)23-17(14)24(2)19(25)26/h4-7,12,16H,8-11,13H2,1-3H3,(H,21,22,23);3-6,11,15,20H,7-10,12H2,1-2H3,(H,21,22,23). The van der Waals surface area contributed by atoms with Gasteiger partial charge >= 0.3 is 12.1 Å². The van der Waals surface area contributed by atoms with Gasteiger partial charge in [0.15, 0.2) is 0 Å². The fraction of sp³-hybridized carbons (Fsp3) is 0.436. The third-order valence-electron chi connectivity index (χ3n) is 10.8. The summed E-state index contributed by atoms with van der Waals surface area (Å²) < 4.78 is 24.8. The van der Waals surface area contributed by atoms with Crippen LogP contribution in [0, 0.1) is 13.8 Å². The molecule has 0 radical (unpaired) electrons. The first-order chi connectivity index (χ1) is 26.9. The highest BCUT2D eigenvalue weighted by molar-refractivity contribution is 7.88. The number of nitrogens with zero attached hydrogens (tertiary/aromatic N) is 9. The van der Waals surface area contributed by atoms with Gasteiger partial charge in [0.05, 0.1) is 19.3 Å². The van der Waals surface area contributed by atoms with E-state index in [-0.39, 0.29) is 18.1 Å². The molecule has 3 N–H and O–H groups in total. The molecular weight excluding hydrogens is 733 g/mol. The Kier molecular flexibility index (Phi) is 11.4. The van der Waals surface area contributed by atoms with E-state index in [0.29, 0.717) is 68.6 Å². The number of carbonyl (C=O) groups excluding carboxylic acids is 2. The van der Waals surface area contributed by atoms with Gasteiger partial charge in [-0.2, -0.15) is 9.97 Å². The molecule has 0 aliphatic carbocycles. The van der Waals surface area contributed by atoms with Gasteiger partial charge in [-0.25, -0.2) is 32.3 Å². The lowest BCUT2D eigenvalue weighted by Crippen LogP contribution is -2.46. The predicted molar refractivity (Wildman–Crippen MR) is 219 cm³/mol. The third kappa shape index (κ3) is 8.39. The lowest BCUT2D eigenvalue weighted by molar-refractivity contribution is 0.250. The first kappa shape index (κ1) is 38.9. The molecule has 56 heavy (non-hydrogen) atoms. The highest BCUT2D eigenvalue weighted by Crippen LogP contribution is 2.33. The van der Waals surface area contributed by atoms with Crippen molar-refractivity contribution in [2.75, 3.05) is 76.8 Å². The largest absolute Gasteiger partial charge is 0.351 e. The number of hydrogen-bond acceptors (Lipinski definition) is 11. The molecule has 0 unspecified atom stereocenters. The smallest absolute Gasteiger partial charge is 0.330 e. The lowest BCUT2D eigenvalue weighted by Gasteiger charge is -2.35. The van der Waals surface area contributed by atoms with Crippen LogP contribution in [0.1, 0.15) is 47.9 Å². The van der Waals surface area contributed by atoms with Crippen molar-refractivity contribution in [1.29, 1.82) is 0 Å². The number of anilines is 6. The normalized spacial score (nSPS) is 18.2. The monoisotopic (exact) mass is 782 g/mol. The Morgan fingerprint density at radius 1 is 0.679 bits per heavy atom. The number of rotatable bonds is 7. The van der Waals surface area contributed by atoms with Crippen LogP contribution < -0.4 is 35.6 Å². The Morgan fingerprint density at radius 2 is 1.11 bits per heavy atom. The summed E-state index contributed by atoms with van der Waals surface area (Å²) in [6.07, 6.45) is 8.30. The van der Waals surface area contributed by atoms with Crippen molar-refractivity contribution >= 4 is 57.0 Å². The summed E-state index contributed by atoms with van der Waals surface area (Å²) in [7, 11) is 0.333. The second-order valence-corrected chi connectivity index (χ2v) is 16.7. The summed E-state index contributed by atoms with van der Waals surface area (Å²) in [5.74, 6) is 2.33. The first-order valence-electron chi connectivity index (χ1n) is 19.0. The van der Waals surface area contributed by atoms with Crippen molar-refractivity contribution in [2.45, 2.75) is 64.7 Å². The molecule has 4 amide bonds. The van der Waals surface area contributed by atoms with Crippen molar-refractivity contribution in [2.24, 2.45) is 0 Å². The minimum atomic E-state index is -3.15. The van der Waals surface area contributed by atoms with E-state index in [0.717, 1.165) is 59.6 Å². The van der Waals surface area contributed by atoms with Crippen LogP contribution in [0.25, 0.3) is 0 Å². The molecule has 0 bridgehead atoms. The zero-order chi connectivity index (χ0) is 39.6. The van der Waals surface area contributed by atoms with E-state index in [4.69, 9.17) is 0 Å². The summed E-state index contributed by atoms with van der Waals surface area (Å²) in [4.78, 5) is 50.7.